The summed E-state index contributed by atoms with van der Waals surface area (Å²) in [6, 6.07) is 7.55. The topological polar surface area (TPSA) is 55.6 Å². The van der Waals surface area contributed by atoms with E-state index < -0.39 is 0 Å². The van der Waals surface area contributed by atoms with Gasteiger partial charge in [0.05, 0.1) is 18.4 Å². The van der Waals surface area contributed by atoms with Crippen LogP contribution in [0.25, 0.3) is 0 Å². The van der Waals surface area contributed by atoms with E-state index in [0.717, 1.165) is 31.5 Å². The number of unbranched alkanes of at least 4 members (excludes halogenated alkanes) is 1. The Balaban J connectivity index is 2.56. The molecule has 0 aliphatic heterocycles. The molecule has 2 N–H and O–H groups in total. The van der Waals surface area contributed by atoms with Crippen molar-refractivity contribution in [3.05, 3.63) is 29.8 Å². The van der Waals surface area contributed by atoms with Crippen LogP contribution in [0.1, 0.15) is 43.5 Å². The van der Waals surface area contributed by atoms with Crippen LogP contribution in [0.3, 0.4) is 0 Å². The quantitative estimate of drug-likeness (QED) is 0.591. The SMILES string of the molecule is COC(=O)c1ccccc1N(C)CCCCC(C)(C)CN. The zero-order chi connectivity index (χ0) is 15.9. The molecule has 21 heavy (non-hydrogen) atoms. The van der Waals surface area contributed by atoms with Gasteiger partial charge in [-0.1, -0.05) is 32.4 Å². The zero-order valence-corrected chi connectivity index (χ0v) is 13.7. The molecule has 0 spiro atoms. The fourth-order valence-corrected chi connectivity index (χ4v) is 2.26. The third-order valence-corrected chi connectivity index (χ3v) is 3.87. The van der Waals surface area contributed by atoms with Crippen LogP contribution in [0.4, 0.5) is 5.69 Å². The summed E-state index contributed by atoms with van der Waals surface area (Å²) >= 11 is 0. The Morgan fingerprint density at radius 1 is 1.29 bits per heavy atom. The molecule has 0 aliphatic rings. The number of nitrogens with zero attached hydrogens (tertiary/aromatic N) is 1. The summed E-state index contributed by atoms with van der Waals surface area (Å²) in [5.41, 5.74) is 7.49. The predicted molar refractivity (Wildman–Crippen MR) is 87.7 cm³/mol. The van der Waals surface area contributed by atoms with Crippen LogP contribution in [0.5, 0.6) is 0 Å². The molecule has 4 nitrogen and oxygen atoms in total. The van der Waals surface area contributed by atoms with E-state index in [4.69, 9.17) is 10.5 Å². The number of benzene rings is 1. The average molecular weight is 292 g/mol. The molecule has 0 saturated carbocycles. The van der Waals surface area contributed by atoms with E-state index in [2.05, 4.69) is 18.7 Å². The number of hydrogen-bond donors (Lipinski definition) is 1. The maximum Gasteiger partial charge on any atom is 0.339 e. The van der Waals surface area contributed by atoms with Crippen LogP contribution in [0.15, 0.2) is 24.3 Å². The van der Waals surface area contributed by atoms with Crippen molar-refractivity contribution < 1.29 is 9.53 Å². The Kier molecular flexibility index (Phi) is 6.69. The molecule has 1 aromatic rings. The van der Waals surface area contributed by atoms with E-state index in [0.29, 0.717) is 12.1 Å². The highest BCUT2D eigenvalue weighted by atomic mass is 16.5. The summed E-state index contributed by atoms with van der Waals surface area (Å²) in [5, 5.41) is 0. The van der Waals surface area contributed by atoms with Crippen molar-refractivity contribution in [1.82, 2.24) is 0 Å². The van der Waals surface area contributed by atoms with Gasteiger partial charge in [0.25, 0.3) is 0 Å². The maximum atomic E-state index is 11.8. The molecule has 0 saturated heterocycles. The third-order valence-electron chi connectivity index (χ3n) is 3.87. The minimum absolute atomic E-state index is 0.211. The monoisotopic (exact) mass is 292 g/mol. The van der Waals surface area contributed by atoms with Crippen LogP contribution in [0, 0.1) is 5.41 Å². The minimum Gasteiger partial charge on any atom is -0.465 e. The number of hydrogen-bond acceptors (Lipinski definition) is 4. The molecule has 0 radical (unpaired) electrons. The standard InChI is InChI=1S/C17H28N2O2/c1-17(2,13-18)11-7-8-12-19(3)15-10-6-5-9-14(15)16(20)21-4/h5-6,9-10H,7-8,11-13,18H2,1-4H3. The van der Waals surface area contributed by atoms with Gasteiger partial charge in [0.15, 0.2) is 0 Å². The first-order valence-corrected chi connectivity index (χ1v) is 7.50. The first-order chi connectivity index (χ1) is 9.91. The first-order valence-electron chi connectivity index (χ1n) is 7.50. The van der Waals surface area contributed by atoms with Gasteiger partial charge in [-0.25, -0.2) is 4.79 Å². The van der Waals surface area contributed by atoms with Crippen molar-refractivity contribution in [2.75, 3.05) is 32.1 Å². The summed E-state index contributed by atoms with van der Waals surface area (Å²) < 4.78 is 4.83. The van der Waals surface area contributed by atoms with Crippen molar-refractivity contribution in [3.63, 3.8) is 0 Å². The Bertz CT molecular complexity index is 458. The fraction of sp³-hybridized carbons (Fsp3) is 0.588. The Morgan fingerprint density at radius 3 is 2.57 bits per heavy atom. The zero-order valence-electron chi connectivity index (χ0n) is 13.7. The van der Waals surface area contributed by atoms with Crippen molar-refractivity contribution >= 4 is 11.7 Å². The fourth-order valence-electron chi connectivity index (χ4n) is 2.26. The Labute approximate surface area is 128 Å². The second kappa shape index (κ2) is 8.03. The lowest BCUT2D eigenvalue weighted by atomic mass is 9.87. The van der Waals surface area contributed by atoms with Gasteiger partial charge in [0.2, 0.25) is 0 Å². The highest BCUT2D eigenvalue weighted by molar-refractivity contribution is 5.95. The number of carbonyl (C=O) groups excluding carboxylic acids is 1. The molecule has 0 fully saturated rings. The van der Waals surface area contributed by atoms with Crippen molar-refractivity contribution in [3.8, 4) is 0 Å². The number of esters is 1. The Morgan fingerprint density at radius 2 is 1.95 bits per heavy atom. The van der Waals surface area contributed by atoms with Gasteiger partial charge >= 0.3 is 5.97 Å². The molecule has 1 aromatic carbocycles. The minimum atomic E-state index is -0.290. The van der Waals surface area contributed by atoms with Crippen molar-refractivity contribution in [2.45, 2.75) is 33.1 Å². The molecule has 0 aromatic heterocycles. The van der Waals surface area contributed by atoms with Crippen molar-refractivity contribution in [1.29, 1.82) is 0 Å². The van der Waals surface area contributed by atoms with E-state index in [-0.39, 0.29) is 11.4 Å². The van der Waals surface area contributed by atoms with Gasteiger partial charge in [-0.2, -0.15) is 0 Å². The molecule has 0 heterocycles. The van der Waals surface area contributed by atoms with E-state index >= 15 is 0 Å². The molecule has 0 bridgehead atoms. The molecule has 118 valence electrons. The van der Waals surface area contributed by atoms with E-state index in [1.165, 1.54) is 7.11 Å². The van der Waals surface area contributed by atoms with Crippen LogP contribution in [-0.2, 0) is 4.74 Å². The number of carbonyl (C=O) groups is 1. The molecular formula is C17H28N2O2. The van der Waals surface area contributed by atoms with Crippen LogP contribution >= 0.6 is 0 Å². The first kappa shape index (κ1) is 17.5. The number of rotatable bonds is 8. The van der Waals surface area contributed by atoms with Gasteiger partial charge in [-0.3, -0.25) is 0 Å². The molecule has 0 atom stereocenters. The summed E-state index contributed by atoms with van der Waals surface area (Å²) in [6.45, 7) is 6.02. The molecule has 4 heteroatoms. The van der Waals surface area contributed by atoms with Gasteiger partial charge in [0.1, 0.15) is 0 Å². The number of anilines is 1. The lowest BCUT2D eigenvalue weighted by Gasteiger charge is -2.24. The van der Waals surface area contributed by atoms with Gasteiger partial charge in [-0.05, 0) is 36.9 Å². The third kappa shape index (κ3) is 5.38. The maximum absolute atomic E-state index is 11.8. The van der Waals surface area contributed by atoms with Crippen LogP contribution in [0.2, 0.25) is 0 Å². The number of ether oxygens (including phenoxy) is 1. The van der Waals surface area contributed by atoms with Crippen molar-refractivity contribution in [2.24, 2.45) is 11.1 Å². The van der Waals surface area contributed by atoms with Crippen LogP contribution < -0.4 is 10.6 Å². The van der Waals surface area contributed by atoms with E-state index in [1.54, 1.807) is 6.07 Å². The summed E-state index contributed by atoms with van der Waals surface area (Å²) in [6.07, 6.45) is 3.33. The number of nitrogens with two attached hydrogens (primary N) is 1. The summed E-state index contributed by atoms with van der Waals surface area (Å²) in [4.78, 5) is 13.9. The number of methoxy groups -OCH3 is 1. The molecule has 1 rings (SSSR count). The smallest absolute Gasteiger partial charge is 0.339 e. The lowest BCUT2D eigenvalue weighted by molar-refractivity contribution is 0.0601. The molecular weight excluding hydrogens is 264 g/mol. The number of para-hydroxylation sites is 1. The summed E-state index contributed by atoms with van der Waals surface area (Å²) in [5.74, 6) is -0.290. The van der Waals surface area contributed by atoms with Gasteiger partial charge in [-0.15, -0.1) is 0 Å². The lowest BCUT2D eigenvalue weighted by Crippen LogP contribution is -2.25. The normalized spacial score (nSPS) is 11.3. The Hall–Kier alpha value is -1.55. The van der Waals surface area contributed by atoms with Gasteiger partial charge in [0, 0.05) is 13.6 Å². The largest absolute Gasteiger partial charge is 0.465 e. The van der Waals surface area contributed by atoms with E-state index in [1.807, 2.05) is 25.2 Å². The molecule has 0 unspecified atom stereocenters. The second-order valence-corrected chi connectivity index (χ2v) is 6.26. The highest BCUT2D eigenvalue weighted by Crippen LogP contribution is 2.23. The van der Waals surface area contributed by atoms with E-state index in [9.17, 15) is 4.79 Å². The molecule has 0 amide bonds. The van der Waals surface area contributed by atoms with Gasteiger partial charge < -0.3 is 15.4 Å². The highest BCUT2D eigenvalue weighted by Gasteiger charge is 2.16. The van der Waals surface area contributed by atoms with Crippen LogP contribution in [-0.4, -0.2) is 33.2 Å². The predicted octanol–water partition coefficient (Wildman–Crippen LogP) is 3.06. The molecule has 0 aliphatic carbocycles. The summed E-state index contributed by atoms with van der Waals surface area (Å²) in [7, 11) is 3.42. The average Bonchev–Trinajstić information content (AvgIpc) is 2.50. The second-order valence-electron chi connectivity index (χ2n) is 6.26.